The number of halogens is 1. The summed E-state index contributed by atoms with van der Waals surface area (Å²) < 4.78 is 23.6. The first-order valence-electron chi connectivity index (χ1n) is 14.2. The Hall–Kier alpha value is -5.06. The average molecular weight is 581 g/mol. The lowest BCUT2D eigenvalue weighted by atomic mass is 9.99. The normalized spacial score (nSPS) is 15.3. The number of ether oxygens (including phenoxy) is 1. The fraction of sp³-hybridized carbons (Fsp3) is 0.281. The van der Waals surface area contributed by atoms with Crippen molar-refractivity contribution in [2.45, 2.75) is 26.8 Å². The predicted molar refractivity (Wildman–Crippen MR) is 165 cm³/mol. The number of aromatic nitrogens is 5. The Morgan fingerprint density at radius 1 is 1.12 bits per heavy atom. The SMILES string of the molecule is C=CC(=O)N1CCN(c2ccc3ncnc(Nc4ccc(Oc5ccc6c(c5)ncn6C)c(C)c4F)c3n2)C[C@H]1C(C)C. The van der Waals surface area contributed by atoms with Crippen molar-refractivity contribution in [2.75, 3.05) is 29.9 Å². The highest BCUT2D eigenvalue weighted by Gasteiger charge is 2.32. The molecule has 0 unspecified atom stereocenters. The number of carbonyl (C=O) groups is 1. The van der Waals surface area contributed by atoms with Crippen LogP contribution in [0, 0.1) is 18.7 Å². The molecule has 1 N–H and O–H groups in total. The van der Waals surface area contributed by atoms with Crippen LogP contribution in [0.4, 0.5) is 21.7 Å². The Labute approximate surface area is 248 Å². The van der Waals surface area contributed by atoms with Crippen LogP contribution in [0.15, 0.2) is 67.8 Å². The van der Waals surface area contributed by atoms with Crippen molar-refractivity contribution in [1.29, 1.82) is 0 Å². The second-order valence-electron chi connectivity index (χ2n) is 11.0. The number of aryl methyl sites for hydroxylation is 1. The third-order valence-electron chi connectivity index (χ3n) is 7.95. The van der Waals surface area contributed by atoms with E-state index in [-0.39, 0.29) is 23.6 Å². The Morgan fingerprint density at radius 3 is 2.74 bits per heavy atom. The predicted octanol–water partition coefficient (Wildman–Crippen LogP) is 5.75. The number of fused-ring (bicyclic) bond motifs is 2. The van der Waals surface area contributed by atoms with E-state index >= 15 is 4.39 Å². The van der Waals surface area contributed by atoms with E-state index in [2.05, 4.69) is 45.6 Å². The fourth-order valence-electron chi connectivity index (χ4n) is 5.49. The number of anilines is 3. The summed E-state index contributed by atoms with van der Waals surface area (Å²) in [5.41, 5.74) is 3.52. The van der Waals surface area contributed by atoms with Crippen LogP contribution in [0.25, 0.3) is 22.1 Å². The molecule has 43 heavy (non-hydrogen) atoms. The lowest BCUT2D eigenvalue weighted by molar-refractivity contribution is -0.129. The lowest BCUT2D eigenvalue weighted by Crippen LogP contribution is -2.57. The molecule has 4 heterocycles. The molecule has 0 radical (unpaired) electrons. The van der Waals surface area contributed by atoms with Gasteiger partial charge in [0.1, 0.15) is 29.2 Å². The summed E-state index contributed by atoms with van der Waals surface area (Å²) in [4.78, 5) is 34.5. The standard InChI is InChI=1S/C32H33FN8O2/c1-6-29(42)41-14-13-40(16-26(41)19(2)3)28-12-9-23-31(38-28)32(35-17-34-23)37-22-8-11-27(20(4)30(22)33)43-21-7-10-25-24(15-21)36-18-39(25)5/h6-12,15,17-19,26H,1,13-14,16H2,2-5H3,(H,34,35,37)/t26-/m0/s1. The molecule has 10 nitrogen and oxygen atoms in total. The van der Waals surface area contributed by atoms with Crippen LogP contribution in [0.5, 0.6) is 11.5 Å². The van der Waals surface area contributed by atoms with Gasteiger partial charge in [-0.2, -0.15) is 0 Å². The van der Waals surface area contributed by atoms with E-state index in [0.29, 0.717) is 53.5 Å². The Morgan fingerprint density at radius 2 is 1.95 bits per heavy atom. The fourth-order valence-corrected chi connectivity index (χ4v) is 5.49. The molecule has 1 fully saturated rings. The summed E-state index contributed by atoms with van der Waals surface area (Å²) in [6, 6.07) is 12.8. The van der Waals surface area contributed by atoms with E-state index in [1.807, 2.05) is 46.8 Å². The van der Waals surface area contributed by atoms with Gasteiger partial charge >= 0.3 is 0 Å². The number of piperazine rings is 1. The smallest absolute Gasteiger partial charge is 0.246 e. The maximum Gasteiger partial charge on any atom is 0.246 e. The molecule has 5 aromatic rings. The summed E-state index contributed by atoms with van der Waals surface area (Å²) in [7, 11) is 1.93. The number of nitrogens with one attached hydrogen (secondary N) is 1. The van der Waals surface area contributed by atoms with Crippen molar-refractivity contribution in [3.05, 3.63) is 79.2 Å². The van der Waals surface area contributed by atoms with E-state index < -0.39 is 5.82 Å². The topological polar surface area (TPSA) is 101 Å². The van der Waals surface area contributed by atoms with Gasteiger partial charge in [-0.1, -0.05) is 20.4 Å². The summed E-state index contributed by atoms with van der Waals surface area (Å²) in [6.07, 6.45) is 4.54. The van der Waals surface area contributed by atoms with Gasteiger partial charge in [0.05, 0.1) is 34.6 Å². The van der Waals surface area contributed by atoms with Gasteiger partial charge in [0, 0.05) is 38.3 Å². The van der Waals surface area contributed by atoms with Gasteiger partial charge < -0.3 is 24.4 Å². The molecule has 11 heteroatoms. The number of amides is 1. The van der Waals surface area contributed by atoms with Crippen LogP contribution in [0.1, 0.15) is 19.4 Å². The van der Waals surface area contributed by atoms with Crippen molar-refractivity contribution in [1.82, 2.24) is 29.4 Å². The molecule has 1 atom stereocenters. The molecular weight excluding hydrogens is 547 g/mol. The molecule has 1 aliphatic rings. The molecule has 2 aromatic carbocycles. The molecular formula is C32H33FN8O2. The minimum absolute atomic E-state index is 0.0186. The van der Waals surface area contributed by atoms with Gasteiger partial charge in [0.2, 0.25) is 5.91 Å². The van der Waals surface area contributed by atoms with E-state index in [9.17, 15) is 4.79 Å². The van der Waals surface area contributed by atoms with E-state index in [4.69, 9.17) is 9.72 Å². The highest BCUT2D eigenvalue weighted by molar-refractivity contribution is 5.89. The summed E-state index contributed by atoms with van der Waals surface area (Å²) >= 11 is 0. The monoisotopic (exact) mass is 580 g/mol. The number of imidazole rings is 1. The second kappa shape index (κ2) is 11.3. The number of pyridine rings is 1. The number of hydrogen-bond donors (Lipinski definition) is 1. The molecule has 0 spiro atoms. The Kier molecular flexibility index (Phi) is 7.39. The first-order chi connectivity index (χ1) is 20.7. The number of benzene rings is 2. The first-order valence-corrected chi connectivity index (χ1v) is 14.2. The number of carbonyl (C=O) groups excluding carboxylic acids is 1. The van der Waals surface area contributed by atoms with Crippen LogP contribution in [-0.2, 0) is 11.8 Å². The molecule has 1 aliphatic heterocycles. The zero-order chi connectivity index (χ0) is 30.2. The maximum absolute atomic E-state index is 15.7. The van der Waals surface area contributed by atoms with Crippen LogP contribution in [0.2, 0.25) is 0 Å². The molecule has 220 valence electrons. The number of nitrogens with zero attached hydrogens (tertiary/aromatic N) is 7. The third kappa shape index (κ3) is 5.33. The van der Waals surface area contributed by atoms with E-state index in [1.54, 1.807) is 25.4 Å². The minimum atomic E-state index is -0.456. The lowest BCUT2D eigenvalue weighted by Gasteiger charge is -2.43. The minimum Gasteiger partial charge on any atom is -0.457 e. The van der Waals surface area contributed by atoms with Crippen molar-refractivity contribution < 1.29 is 13.9 Å². The van der Waals surface area contributed by atoms with Gasteiger partial charge in [-0.05, 0) is 55.3 Å². The largest absolute Gasteiger partial charge is 0.457 e. The highest BCUT2D eigenvalue weighted by atomic mass is 19.1. The van der Waals surface area contributed by atoms with Crippen molar-refractivity contribution in [3.63, 3.8) is 0 Å². The van der Waals surface area contributed by atoms with Gasteiger partial charge in [-0.15, -0.1) is 0 Å². The van der Waals surface area contributed by atoms with Gasteiger partial charge in [0.25, 0.3) is 0 Å². The van der Waals surface area contributed by atoms with Gasteiger partial charge in [-0.25, -0.2) is 24.3 Å². The molecule has 1 amide bonds. The van der Waals surface area contributed by atoms with Gasteiger partial charge in [-0.3, -0.25) is 4.79 Å². The van der Waals surface area contributed by atoms with Gasteiger partial charge in [0.15, 0.2) is 11.6 Å². The second-order valence-corrected chi connectivity index (χ2v) is 11.0. The zero-order valence-corrected chi connectivity index (χ0v) is 24.6. The van der Waals surface area contributed by atoms with E-state index in [0.717, 1.165) is 16.9 Å². The number of hydrogen-bond acceptors (Lipinski definition) is 8. The molecule has 0 aliphatic carbocycles. The molecule has 0 bridgehead atoms. The maximum atomic E-state index is 15.7. The van der Waals surface area contributed by atoms with E-state index in [1.165, 1.54) is 12.4 Å². The molecule has 0 saturated carbocycles. The van der Waals surface area contributed by atoms with Crippen molar-refractivity contribution in [3.8, 4) is 11.5 Å². The number of rotatable bonds is 7. The molecule has 6 rings (SSSR count). The Balaban J connectivity index is 1.25. The molecule has 1 saturated heterocycles. The van der Waals surface area contributed by atoms with Crippen LogP contribution in [-0.4, -0.2) is 61.0 Å². The average Bonchev–Trinajstić information content (AvgIpc) is 3.39. The third-order valence-corrected chi connectivity index (χ3v) is 7.95. The summed E-state index contributed by atoms with van der Waals surface area (Å²) in [5.74, 6) is 1.84. The van der Waals surface area contributed by atoms with Crippen LogP contribution < -0.4 is 15.0 Å². The van der Waals surface area contributed by atoms with Crippen molar-refractivity contribution >= 4 is 45.3 Å². The van der Waals surface area contributed by atoms with Crippen LogP contribution >= 0.6 is 0 Å². The zero-order valence-electron chi connectivity index (χ0n) is 24.6. The Bertz CT molecular complexity index is 1850. The first kappa shape index (κ1) is 28.1. The quantitative estimate of drug-likeness (QED) is 0.243. The van der Waals surface area contributed by atoms with Crippen LogP contribution in [0.3, 0.4) is 0 Å². The highest BCUT2D eigenvalue weighted by Crippen LogP contribution is 2.34. The molecule has 3 aromatic heterocycles. The summed E-state index contributed by atoms with van der Waals surface area (Å²) in [6.45, 7) is 11.4. The van der Waals surface area contributed by atoms with Crippen molar-refractivity contribution in [2.24, 2.45) is 13.0 Å². The summed E-state index contributed by atoms with van der Waals surface area (Å²) in [5, 5.41) is 3.12.